The van der Waals surface area contributed by atoms with Gasteiger partial charge in [-0.1, -0.05) is 60.5 Å². The molecule has 0 radical (unpaired) electrons. The number of hydrogen-bond acceptors (Lipinski definition) is 7. The average Bonchev–Trinajstić information content (AvgIpc) is 3.00. The van der Waals surface area contributed by atoms with E-state index in [0.29, 0.717) is 34.6 Å². The van der Waals surface area contributed by atoms with Crippen molar-refractivity contribution in [2.45, 2.75) is 77.0 Å². The molecule has 1 amide bonds. The zero-order valence-corrected chi connectivity index (χ0v) is 28.1. The van der Waals surface area contributed by atoms with E-state index in [-0.39, 0.29) is 25.0 Å². The van der Waals surface area contributed by atoms with Crippen molar-refractivity contribution in [3.8, 4) is 11.5 Å². The van der Waals surface area contributed by atoms with E-state index in [2.05, 4.69) is 0 Å². The van der Waals surface area contributed by atoms with Crippen LogP contribution in [-0.2, 0) is 30.4 Å². The molecule has 4 rings (SSSR count). The Kier molecular flexibility index (Phi) is 11.8. The number of rotatable bonds is 12. The molecule has 1 saturated heterocycles. The van der Waals surface area contributed by atoms with E-state index in [4.69, 9.17) is 46.9 Å². The van der Waals surface area contributed by atoms with Crippen LogP contribution in [0.3, 0.4) is 0 Å². The Morgan fingerprint density at radius 3 is 2.27 bits per heavy atom. The summed E-state index contributed by atoms with van der Waals surface area (Å²) in [5.41, 5.74) is 1.78. The summed E-state index contributed by atoms with van der Waals surface area (Å²) in [5.74, 6) is 0.389. The van der Waals surface area contributed by atoms with Crippen LogP contribution in [-0.4, -0.2) is 55.3 Å². The first-order chi connectivity index (χ1) is 21.4. The van der Waals surface area contributed by atoms with Gasteiger partial charge in [-0.05, 0) is 80.3 Å². The van der Waals surface area contributed by atoms with Crippen LogP contribution < -0.4 is 9.47 Å². The monoisotopic (exact) mass is 657 g/mol. The van der Waals surface area contributed by atoms with Gasteiger partial charge < -0.3 is 28.6 Å². The average molecular weight is 659 g/mol. The van der Waals surface area contributed by atoms with E-state index < -0.39 is 29.8 Å². The minimum Gasteiger partial charge on any atom is -0.493 e. The number of nitrogens with zero attached hydrogens (tertiary/aromatic N) is 1. The van der Waals surface area contributed by atoms with Gasteiger partial charge in [0, 0.05) is 10.0 Å². The number of hydrogen-bond donors (Lipinski definition) is 0. The number of amides is 1. The Hall–Kier alpha value is -3.30. The molecule has 3 aromatic carbocycles. The van der Waals surface area contributed by atoms with Crippen molar-refractivity contribution in [3.05, 3.63) is 93.5 Å². The zero-order chi connectivity index (χ0) is 32.7. The highest BCUT2D eigenvalue weighted by molar-refractivity contribution is 6.30. The summed E-state index contributed by atoms with van der Waals surface area (Å²) in [4.78, 5) is 29.2. The lowest BCUT2D eigenvalue weighted by atomic mass is 9.89. The fourth-order valence-electron chi connectivity index (χ4n) is 5.45. The standard InChI is InChI=1S/C35H41Cl2NO7/c1-7-27(21-43-20-22-11-16-28(41-5)29(17-22)42-6)38-32(23-12-14-25(36)15-13-23)33(24-9-8-10-26(37)18-24)44-30(34(38)40)19-31(39)45-35(2,3)4/h8-18,27,30,32-33H,7,19-21H2,1-6H3/t27?,30-,32?,33?/m0/s1. The Labute approximate surface area is 275 Å². The molecule has 1 aliphatic heterocycles. The van der Waals surface area contributed by atoms with Crippen molar-refractivity contribution in [1.82, 2.24) is 4.90 Å². The smallest absolute Gasteiger partial charge is 0.309 e. The molecule has 4 atom stereocenters. The van der Waals surface area contributed by atoms with Crippen LogP contribution in [0.4, 0.5) is 0 Å². The van der Waals surface area contributed by atoms with Gasteiger partial charge in [0.2, 0.25) is 0 Å². The van der Waals surface area contributed by atoms with Crippen molar-refractivity contribution in [3.63, 3.8) is 0 Å². The molecule has 1 aliphatic rings. The minimum absolute atomic E-state index is 0.236. The minimum atomic E-state index is -1.08. The van der Waals surface area contributed by atoms with Crippen molar-refractivity contribution in [1.29, 1.82) is 0 Å². The number of morpholine rings is 1. The Morgan fingerprint density at radius 2 is 1.64 bits per heavy atom. The van der Waals surface area contributed by atoms with Crippen molar-refractivity contribution in [2.75, 3.05) is 20.8 Å². The second kappa shape index (κ2) is 15.3. The largest absolute Gasteiger partial charge is 0.493 e. The SMILES string of the molecule is CCC(COCc1ccc(OC)c(OC)c1)N1C(=O)[C@H](CC(=O)OC(C)(C)C)OC(c2cccc(Cl)c2)C1c1ccc(Cl)cc1. The summed E-state index contributed by atoms with van der Waals surface area (Å²) in [7, 11) is 3.17. The molecule has 0 spiro atoms. The lowest BCUT2D eigenvalue weighted by molar-refractivity contribution is -0.188. The van der Waals surface area contributed by atoms with Gasteiger partial charge in [0.15, 0.2) is 11.5 Å². The van der Waals surface area contributed by atoms with E-state index in [1.165, 1.54) is 0 Å². The predicted molar refractivity (Wildman–Crippen MR) is 174 cm³/mol. The molecule has 0 aromatic heterocycles. The zero-order valence-electron chi connectivity index (χ0n) is 26.5. The third-order valence-electron chi connectivity index (χ3n) is 7.48. The van der Waals surface area contributed by atoms with Gasteiger partial charge in [-0.3, -0.25) is 9.59 Å². The van der Waals surface area contributed by atoms with E-state index in [9.17, 15) is 9.59 Å². The molecule has 0 N–H and O–H groups in total. The van der Waals surface area contributed by atoms with Crippen LogP contribution in [0.5, 0.6) is 11.5 Å². The molecular formula is C35H41Cl2NO7. The lowest BCUT2D eigenvalue weighted by Gasteiger charge is -2.48. The van der Waals surface area contributed by atoms with Crippen LogP contribution in [0, 0.1) is 0 Å². The van der Waals surface area contributed by atoms with Crippen molar-refractivity contribution < 1.29 is 33.3 Å². The fraction of sp³-hybridized carbons (Fsp3) is 0.429. The number of halogens is 2. The van der Waals surface area contributed by atoms with Gasteiger partial charge in [0.1, 0.15) is 17.8 Å². The number of benzene rings is 3. The van der Waals surface area contributed by atoms with E-state index in [1.54, 1.807) is 53.2 Å². The lowest BCUT2D eigenvalue weighted by Crippen LogP contribution is -2.56. The summed E-state index contributed by atoms with van der Waals surface area (Å²) in [6.07, 6.45) is -1.37. The van der Waals surface area contributed by atoms with Crippen molar-refractivity contribution >= 4 is 35.1 Å². The van der Waals surface area contributed by atoms with Gasteiger partial charge >= 0.3 is 5.97 Å². The molecule has 45 heavy (non-hydrogen) atoms. The van der Waals surface area contributed by atoms with Gasteiger partial charge in [-0.2, -0.15) is 0 Å². The van der Waals surface area contributed by atoms with E-state index in [0.717, 1.165) is 16.7 Å². The maximum absolute atomic E-state index is 14.4. The molecule has 3 aromatic rings. The van der Waals surface area contributed by atoms with Crippen LogP contribution in [0.25, 0.3) is 0 Å². The van der Waals surface area contributed by atoms with Gasteiger partial charge in [-0.15, -0.1) is 0 Å². The van der Waals surface area contributed by atoms with Crippen molar-refractivity contribution in [2.24, 2.45) is 0 Å². The summed E-state index contributed by atoms with van der Waals surface area (Å²) >= 11 is 12.7. The summed E-state index contributed by atoms with van der Waals surface area (Å²) in [6.45, 7) is 7.89. The first-order valence-corrected chi connectivity index (χ1v) is 15.7. The van der Waals surface area contributed by atoms with Crippen LogP contribution >= 0.6 is 23.2 Å². The third-order valence-corrected chi connectivity index (χ3v) is 7.97. The Balaban J connectivity index is 1.70. The molecule has 10 heteroatoms. The molecule has 0 aliphatic carbocycles. The second-order valence-corrected chi connectivity index (χ2v) is 12.8. The van der Waals surface area contributed by atoms with Gasteiger partial charge in [0.05, 0.1) is 45.9 Å². The van der Waals surface area contributed by atoms with Gasteiger partial charge in [-0.25, -0.2) is 0 Å². The molecule has 1 heterocycles. The Bertz CT molecular complexity index is 1460. The van der Waals surface area contributed by atoms with Crippen LogP contribution in [0.15, 0.2) is 66.7 Å². The first-order valence-electron chi connectivity index (χ1n) is 14.9. The van der Waals surface area contributed by atoms with Crippen LogP contribution in [0.2, 0.25) is 10.0 Å². The van der Waals surface area contributed by atoms with E-state index in [1.807, 2.05) is 60.4 Å². The summed E-state index contributed by atoms with van der Waals surface area (Å²) < 4.78 is 29.1. The summed E-state index contributed by atoms with van der Waals surface area (Å²) in [5, 5.41) is 1.10. The predicted octanol–water partition coefficient (Wildman–Crippen LogP) is 7.75. The molecule has 0 bridgehead atoms. The summed E-state index contributed by atoms with van der Waals surface area (Å²) in [6, 6.07) is 19.4. The van der Waals surface area contributed by atoms with Gasteiger partial charge in [0.25, 0.3) is 5.91 Å². The molecule has 0 saturated carbocycles. The number of carbonyl (C=O) groups is 2. The van der Waals surface area contributed by atoms with Crippen LogP contribution in [0.1, 0.15) is 69.4 Å². The number of carbonyl (C=O) groups excluding carboxylic acids is 2. The van der Waals surface area contributed by atoms with E-state index >= 15 is 0 Å². The molecule has 3 unspecified atom stereocenters. The number of ether oxygens (including phenoxy) is 5. The third kappa shape index (κ3) is 8.91. The molecule has 1 fully saturated rings. The quantitative estimate of drug-likeness (QED) is 0.184. The number of methoxy groups -OCH3 is 2. The highest BCUT2D eigenvalue weighted by Gasteiger charge is 2.47. The highest BCUT2D eigenvalue weighted by Crippen LogP contribution is 2.45. The Morgan fingerprint density at radius 1 is 0.933 bits per heavy atom. The molecule has 8 nitrogen and oxygen atoms in total. The maximum atomic E-state index is 14.4. The highest BCUT2D eigenvalue weighted by atomic mass is 35.5. The first kappa shape index (κ1) is 34.6. The number of esters is 1. The maximum Gasteiger partial charge on any atom is 0.309 e. The topological polar surface area (TPSA) is 83.5 Å². The normalized spacial score (nSPS) is 19.2. The molecular weight excluding hydrogens is 617 g/mol. The fourth-order valence-corrected chi connectivity index (χ4v) is 5.78. The molecule has 242 valence electrons. The second-order valence-electron chi connectivity index (χ2n) is 11.9.